The molecule has 0 radical (unpaired) electrons. The van der Waals surface area contributed by atoms with Gasteiger partial charge in [-0.05, 0) is 49.7 Å². The minimum atomic E-state index is -0.0472. The van der Waals surface area contributed by atoms with Crippen LogP contribution in [-0.2, 0) is 11.2 Å². The van der Waals surface area contributed by atoms with Gasteiger partial charge in [-0.1, -0.05) is 0 Å². The number of rotatable bonds is 2. The maximum Gasteiger partial charge on any atom is 0.251 e. The van der Waals surface area contributed by atoms with E-state index in [9.17, 15) is 9.59 Å². The van der Waals surface area contributed by atoms with Gasteiger partial charge in [-0.25, -0.2) is 0 Å². The topological polar surface area (TPSA) is 70.2 Å². The molecule has 6 heteroatoms. The fourth-order valence-corrected chi connectivity index (χ4v) is 2.61. The molecule has 3 rings (SSSR count). The Morgan fingerprint density at radius 1 is 1.25 bits per heavy atom. The summed E-state index contributed by atoms with van der Waals surface area (Å²) in [5, 5.41) is 9.09. The third-order valence-electron chi connectivity index (χ3n) is 3.67. The van der Waals surface area contributed by atoms with Crippen LogP contribution in [0.2, 0.25) is 0 Å². The number of hydrogen-bond donors (Lipinski definition) is 3. The van der Waals surface area contributed by atoms with Crippen molar-refractivity contribution in [3.8, 4) is 0 Å². The van der Waals surface area contributed by atoms with E-state index in [2.05, 4.69) is 16.0 Å². The van der Waals surface area contributed by atoms with Crippen molar-refractivity contribution in [2.45, 2.75) is 25.3 Å². The zero-order valence-corrected chi connectivity index (χ0v) is 11.9. The Balaban J connectivity index is 0.00000147. The summed E-state index contributed by atoms with van der Waals surface area (Å²) in [6.07, 6.45) is 2.30. The molecule has 1 aromatic carbocycles. The van der Waals surface area contributed by atoms with Gasteiger partial charge in [0.15, 0.2) is 0 Å². The molecule has 0 atom stereocenters. The van der Waals surface area contributed by atoms with Gasteiger partial charge in [0.25, 0.3) is 5.91 Å². The molecule has 2 amide bonds. The van der Waals surface area contributed by atoms with Gasteiger partial charge in [0.05, 0.1) is 6.42 Å². The second-order valence-corrected chi connectivity index (χ2v) is 5.09. The number of halogens is 1. The number of piperidine rings is 1. The average molecular weight is 296 g/mol. The van der Waals surface area contributed by atoms with Gasteiger partial charge in [0.2, 0.25) is 5.91 Å². The Morgan fingerprint density at radius 2 is 2.00 bits per heavy atom. The number of fused-ring (bicyclic) bond motifs is 1. The van der Waals surface area contributed by atoms with E-state index in [0.29, 0.717) is 12.0 Å². The minimum absolute atomic E-state index is 0. The smallest absolute Gasteiger partial charge is 0.251 e. The molecule has 1 saturated heterocycles. The molecule has 1 aromatic rings. The van der Waals surface area contributed by atoms with Crippen LogP contribution in [0.5, 0.6) is 0 Å². The molecule has 0 aromatic heterocycles. The SMILES string of the molecule is Cl.O=C1Cc2cc(C(=O)NC3CCNCC3)ccc2N1. The standard InChI is InChI=1S/C14H17N3O2.ClH/c18-13-8-10-7-9(1-2-12(10)17-13)14(19)16-11-3-5-15-6-4-11;/h1-2,7,11,15H,3-6,8H2,(H,16,19)(H,17,18);1H. The molecule has 0 aliphatic carbocycles. The Morgan fingerprint density at radius 3 is 2.75 bits per heavy atom. The van der Waals surface area contributed by atoms with Gasteiger partial charge >= 0.3 is 0 Å². The fourth-order valence-electron chi connectivity index (χ4n) is 2.61. The predicted octanol–water partition coefficient (Wildman–Crippen LogP) is 1.08. The van der Waals surface area contributed by atoms with Gasteiger partial charge in [0.1, 0.15) is 0 Å². The van der Waals surface area contributed by atoms with Crippen LogP contribution in [-0.4, -0.2) is 30.9 Å². The second-order valence-electron chi connectivity index (χ2n) is 5.09. The minimum Gasteiger partial charge on any atom is -0.349 e. The first-order valence-corrected chi connectivity index (χ1v) is 6.67. The normalized spacial score (nSPS) is 17.9. The number of nitrogens with one attached hydrogen (secondary N) is 3. The number of benzene rings is 1. The van der Waals surface area contributed by atoms with Crippen molar-refractivity contribution < 1.29 is 9.59 Å². The molecular formula is C14H18ClN3O2. The van der Waals surface area contributed by atoms with E-state index in [4.69, 9.17) is 0 Å². The lowest BCUT2D eigenvalue weighted by atomic mass is 10.0. The third kappa shape index (κ3) is 3.11. The van der Waals surface area contributed by atoms with Gasteiger partial charge in [-0.3, -0.25) is 9.59 Å². The van der Waals surface area contributed by atoms with Gasteiger partial charge in [-0.15, -0.1) is 12.4 Å². The third-order valence-corrected chi connectivity index (χ3v) is 3.67. The lowest BCUT2D eigenvalue weighted by molar-refractivity contribution is -0.115. The molecule has 0 unspecified atom stereocenters. The van der Waals surface area contributed by atoms with Crippen molar-refractivity contribution in [1.82, 2.24) is 10.6 Å². The van der Waals surface area contributed by atoms with E-state index >= 15 is 0 Å². The highest BCUT2D eigenvalue weighted by Crippen LogP contribution is 2.23. The summed E-state index contributed by atoms with van der Waals surface area (Å²) in [6, 6.07) is 5.63. The van der Waals surface area contributed by atoms with Gasteiger partial charge in [-0.2, -0.15) is 0 Å². The lowest BCUT2D eigenvalue weighted by Gasteiger charge is -2.23. The maximum atomic E-state index is 12.2. The molecule has 0 saturated carbocycles. The first-order chi connectivity index (χ1) is 9.22. The Bertz CT molecular complexity index is 527. The van der Waals surface area contributed by atoms with E-state index in [0.717, 1.165) is 37.2 Å². The zero-order valence-electron chi connectivity index (χ0n) is 11.1. The highest BCUT2D eigenvalue weighted by atomic mass is 35.5. The first kappa shape index (κ1) is 14.8. The van der Waals surface area contributed by atoms with Crippen LogP contribution in [0.15, 0.2) is 18.2 Å². The van der Waals surface area contributed by atoms with Gasteiger partial charge < -0.3 is 16.0 Å². The number of carbonyl (C=O) groups is 2. The zero-order chi connectivity index (χ0) is 13.2. The number of hydrogen-bond acceptors (Lipinski definition) is 3. The van der Waals surface area contributed by atoms with Crippen molar-refractivity contribution >= 4 is 29.9 Å². The molecule has 0 bridgehead atoms. The number of amides is 2. The molecule has 1 fully saturated rings. The highest BCUT2D eigenvalue weighted by Gasteiger charge is 2.20. The molecular weight excluding hydrogens is 278 g/mol. The van der Waals surface area contributed by atoms with Crippen LogP contribution in [0.1, 0.15) is 28.8 Å². The maximum absolute atomic E-state index is 12.2. The molecule has 5 nitrogen and oxygen atoms in total. The van der Waals surface area contributed by atoms with Crippen molar-refractivity contribution in [2.24, 2.45) is 0 Å². The monoisotopic (exact) mass is 295 g/mol. The summed E-state index contributed by atoms with van der Waals surface area (Å²) in [5.41, 5.74) is 2.36. The van der Waals surface area contributed by atoms with Crippen LogP contribution in [0.3, 0.4) is 0 Å². The summed E-state index contributed by atoms with van der Waals surface area (Å²) >= 11 is 0. The van der Waals surface area contributed by atoms with Crippen molar-refractivity contribution in [3.05, 3.63) is 29.3 Å². The molecule has 0 spiro atoms. The predicted molar refractivity (Wildman–Crippen MR) is 79.4 cm³/mol. The lowest BCUT2D eigenvalue weighted by Crippen LogP contribution is -2.42. The van der Waals surface area contributed by atoms with E-state index < -0.39 is 0 Å². The molecule has 20 heavy (non-hydrogen) atoms. The molecule has 3 N–H and O–H groups in total. The largest absolute Gasteiger partial charge is 0.349 e. The quantitative estimate of drug-likeness (QED) is 0.765. The molecule has 108 valence electrons. The van der Waals surface area contributed by atoms with Crippen molar-refractivity contribution in [3.63, 3.8) is 0 Å². The molecule has 2 aliphatic rings. The van der Waals surface area contributed by atoms with E-state index in [1.54, 1.807) is 12.1 Å². The first-order valence-electron chi connectivity index (χ1n) is 6.67. The molecule has 2 aliphatic heterocycles. The van der Waals surface area contributed by atoms with E-state index in [-0.39, 0.29) is 30.3 Å². The van der Waals surface area contributed by atoms with Crippen LogP contribution >= 0.6 is 12.4 Å². The fraction of sp³-hybridized carbons (Fsp3) is 0.429. The second kappa shape index (κ2) is 6.24. The number of anilines is 1. The van der Waals surface area contributed by atoms with Gasteiger partial charge in [0, 0.05) is 17.3 Å². The van der Waals surface area contributed by atoms with Crippen molar-refractivity contribution in [1.29, 1.82) is 0 Å². The van der Waals surface area contributed by atoms with Crippen molar-refractivity contribution in [2.75, 3.05) is 18.4 Å². The number of carbonyl (C=O) groups excluding carboxylic acids is 2. The summed E-state index contributed by atoms with van der Waals surface area (Å²) in [5.74, 6) is -0.0556. The Kier molecular flexibility index (Phi) is 4.62. The van der Waals surface area contributed by atoms with Crippen LogP contribution in [0.4, 0.5) is 5.69 Å². The Labute approximate surface area is 123 Å². The Hall–Kier alpha value is -1.59. The van der Waals surface area contributed by atoms with E-state index in [1.165, 1.54) is 0 Å². The summed E-state index contributed by atoms with van der Waals surface area (Å²) in [7, 11) is 0. The average Bonchev–Trinajstić information content (AvgIpc) is 2.78. The van der Waals surface area contributed by atoms with Crippen LogP contribution in [0.25, 0.3) is 0 Å². The summed E-state index contributed by atoms with van der Waals surface area (Å²) in [4.78, 5) is 23.4. The summed E-state index contributed by atoms with van der Waals surface area (Å²) < 4.78 is 0. The molecule has 2 heterocycles. The van der Waals surface area contributed by atoms with Crippen LogP contribution in [0, 0.1) is 0 Å². The van der Waals surface area contributed by atoms with Crippen LogP contribution < -0.4 is 16.0 Å². The highest BCUT2D eigenvalue weighted by molar-refractivity contribution is 6.01. The summed E-state index contributed by atoms with van der Waals surface area (Å²) in [6.45, 7) is 1.90. The van der Waals surface area contributed by atoms with E-state index in [1.807, 2.05) is 6.07 Å².